The van der Waals surface area contributed by atoms with Crippen LogP contribution < -0.4 is 4.90 Å². The number of hydrogen-bond donors (Lipinski definition) is 0. The number of sulfonamides is 1. The molecule has 0 bridgehead atoms. The minimum absolute atomic E-state index is 0.0750. The van der Waals surface area contributed by atoms with Crippen molar-refractivity contribution in [3.05, 3.63) is 29.8 Å². The van der Waals surface area contributed by atoms with Gasteiger partial charge in [0.05, 0.1) is 18.9 Å². The molecule has 1 unspecified atom stereocenters. The number of ether oxygens (including phenoxy) is 1. The van der Waals surface area contributed by atoms with Crippen molar-refractivity contribution in [2.45, 2.75) is 13.0 Å². The van der Waals surface area contributed by atoms with Crippen LogP contribution in [0.2, 0.25) is 0 Å². The molecule has 1 aliphatic rings. The molecular weight excluding hydrogens is 292 g/mol. The van der Waals surface area contributed by atoms with Crippen molar-refractivity contribution in [2.24, 2.45) is 0 Å². The summed E-state index contributed by atoms with van der Waals surface area (Å²) in [6.07, 6.45) is 1.24. The van der Waals surface area contributed by atoms with Gasteiger partial charge in [-0.25, -0.2) is 13.2 Å². The van der Waals surface area contributed by atoms with Crippen LogP contribution in [0.1, 0.15) is 17.3 Å². The number of carbonyl (C=O) groups excluding carboxylic acids is 1. The molecule has 0 aromatic heterocycles. The standard InChI is InChI=1S/C14H20N2O4S/c1-11-10-15(8-9-16(11)21(3,18)19)13-6-4-12(5-7-13)14(17)20-2/h4-7,11H,8-10H2,1-3H3. The predicted octanol–water partition coefficient (Wildman–Crippen LogP) is 0.943. The topological polar surface area (TPSA) is 66.9 Å². The molecule has 0 N–H and O–H groups in total. The Kier molecular flexibility index (Phi) is 4.53. The predicted molar refractivity (Wildman–Crippen MR) is 81.0 cm³/mol. The van der Waals surface area contributed by atoms with E-state index in [1.165, 1.54) is 17.7 Å². The maximum atomic E-state index is 11.6. The summed E-state index contributed by atoms with van der Waals surface area (Å²) in [5.41, 5.74) is 1.48. The van der Waals surface area contributed by atoms with Gasteiger partial charge in [0.15, 0.2) is 0 Å². The molecule has 116 valence electrons. The van der Waals surface area contributed by atoms with Gasteiger partial charge in [-0.05, 0) is 31.2 Å². The highest BCUT2D eigenvalue weighted by atomic mass is 32.2. The first-order chi connectivity index (χ1) is 9.82. The molecule has 1 fully saturated rings. The Morgan fingerprint density at radius 1 is 1.24 bits per heavy atom. The Labute approximate surface area is 125 Å². The molecule has 1 saturated heterocycles. The summed E-state index contributed by atoms with van der Waals surface area (Å²) in [6.45, 7) is 3.63. The van der Waals surface area contributed by atoms with Gasteiger partial charge in [-0.3, -0.25) is 0 Å². The fourth-order valence-electron chi connectivity index (χ4n) is 2.59. The van der Waals surface area contributed by atoms with Crippen molar-refractivity contribution < 1.29 is 17.9 Å². The number of piperazine rings is 1. The molecule has 0 amide bonds. The van der Waals surface area contributed by atoms with Gasteiger partial charge in [0, 0.05) is 31.4 Å². The molecule has 0 aliphatic carbocycles. The third-order valence-corrected chi connectivity index (χ3v) is 5.04. The molecule has 21 heavy (non-hydrogen) atoms. The number of methoxy groups -OCH3 is 1. The van der Waals surface area contributed by atoms with Crippen LogP contribution in [-0.2, 0) is 14.8 Å². The van der Waals surface area contributed by atoms with Crippen LogP contribution in [-0.4, -0.2) is 57.7 Å². The van der Waals surface area contributed by atoms with E-state index in [1.54, 1.807) is 12.1 Å². The summed E-state index contributed by atoms with van der Waals surface area (Å²) in [5, 5.41) is 0. The second kappa shape index (κ2) is 6.03. The maximum absolute atomic E-state index is 11.6. The SMILES string of the molecule is COC(=O)c1ccc(N2CCN(S(C)(=O)=O)C(C)C2)cc1. The Morgan fingerprint density at radius 3 is 2.33 bits per heavy atom. The van der Waals surface area contributed by atoms with Crippen LogP contribution in [0.15, 0.2) is 24.3 Å². The fourth-order valence-corrected chi connectivity index (χ4v) is 3.73. The van der Waals surface area contributed by atoms with Crippen molar-refractivity contribution in [2.75, 3.05) is 37.9 Å². The molecule has 1 atom stereocenters. The fraction of sp³-hybridized carbons (Fsp3) is 0.500. The van der Waals surface area contributed by atoms with Gasteiger partial charge < -0.3 is 9.64 Å². The van der Waals surface area contributed by atoms with E-state index in [-0.39, 0.29) is 12.0 Å². The van der Waals surface area contributed by atoms with E-state index in [4.69, 9.17) is 0 Å². The Bertz CT molecular complexity index is 612. The Balaban J connectivity index is 2.09. The Morgan fingerprint density at radius 2 is 1.86 bits per heavy atom. The molecule has 1 aromatic carbocycles. The third kappa shape index (κ3) is 3.54. The average molecular weight is 312 g/mol. The second-order valence-corrected chi connectivity index (χ2v) is 7.14. The molecule has 0 radical (unpaired) electrons. The van der Waals surface area contributed by atoms with E-state index in [1.807, 2.05) is 19.1 Å². The first-order valence-corrected chi connectivity index (χ1v) is 8.58. The van der Waals surface area contributed by atoms with E-state index in [9.17, 15) is 13.2 Å². The molecule has 1 aliphatic heterocycles. The lowest BCUT2D eigenvalue weighted by atomic mass is 10.1. The highest BCUT2D eigenvalue weighted by Crippen LogP contribution is 2.21. The number of rotatable bonds is 3. The first kappa shape index (κ1) is 15.8. The van der Waals surface area contributed by atoms with Crippen LogP contribution in [0.3, 0.4) is 0 Å². The lowest BCUT2D eigenvalue weighted by Gasteiger charge is -2.39. The number of benzene rings is 1. The third-order valence-electron chi connectivity index (χ3n) is 3.65. The molecule has 0 spiro atoms. The van der Waals surface area contributed by atoms with Crippen LogP contribution in [0.4, 0.5) is 5.69 Å². The van der Waals surface area contributed by atoms with Gasteiger partial charge in [-0.1, -0.05) is 0 Å². The number of hydrogen-bond acceptors (Lipinski definition) is 5. The largest absolute Gasteiger partial charge is 0.465 e. The van der Waals surface area contributed by atoms with Crippen LogP contribution in [0.25, 0.3) is 0 Å². The van der Waals surface area contributed by atoms with Crippen molar-refractivity contribution in [3.8, 4) is 0 Å². The zero-order chi connectivity index (χ0) is 15.6. The van der Waals surface area contributed by atoms with Crippen molar-refractivity contribution in [3.63, 3.8) is 0 Å². The summed E-state index contributed by atoms with van der Waals surface area (Å²) in [5.74, 6) is -0.364. The van der Waals surface area contributed by atoms with Gasteiger partial charge in [0.25, 0.3) is 0 Å². The summed E-state index contributed by atoms with van der Waals surface area (Å²) >= 11 is 0. The minimum Gasteiger partial charge on any atom is -0.465 e. The number of carbonyl (C=O) groups is 1. The molecule has 1 heterocycles. The minimum atomic E-state index is -3.16. The van der Waals surface area contributed by atoms with Crippen LogP contribution in [0, 0.1) is 0 Å². The lowest BCUT2D eigenvalue weighted by Crippen LogP contribution is -2.53. The second-order valence-electron chi connectivity index (χ2n) is 5.21. The van der Waals surface area contributed by atoms with E-state index in [2.05, 4.69) is 9.64 Å². The van der Waals surface area contributed by atoms with E-state index >= 15 is 0 Å². The normalized spacial score (nSPS) is 20.3. The smallest absolute Gasteiger partial charge is 0.337 e. The van der Waals surface area contributed by atoms with Crippen molar-refractivity contribution in [1.82, 2.24) is 4.31 Å². The molecule has 2 rings (SSSR count). The summed E-state index contributed by atoms with van der Waals surface area (Å²) < 4.78 is 29.5. The summed E-state index contributed by atoms with van der Waals surface area (Å²) in [4.78, 5) is 13.5. The van der Waals surface area contributed by atoms with Gasteiger partial charge in [-0.15, -0.1) is 0 Å². The lowest BCUT2D eigenvalue weighted by molar-refractivity contribution is 0.0600. The van der Waals surface area contributed by atoms with Gasteiger partial charge in [0.1, 0.15) is 0 Å². The number of esters is 1. The number of nitrogens with zero attached hydrogens (tertiary/aromatic N) is 2. The maximum Gasteiger partial charge on any atom is 0.337 e. The van der Waals surface area contributed by atoms with Gasteiger partial charge in [-0.2, -0.15) is 4.31 Å². The van der Waals surface area contributed by atoms with E-state index in [0.717, 1.165) is 5.69 Å². The Hall–Kier alpha value is -1.60. The zero-order valence-corrected chi connectivity index (χ0v) is 13.3. The highest BCUT2D eigenvalue weighted by molar-refractivity contribution is 7.88. The zero-order valence-electron chi connectivity index (χ0n) is 12.4. The van der Waals surface area contributed by atoms with Crippen molar-refractivity contribution in [1.29, 1.82) is 0 Å². The van der Waals surface area contributed by atoms with Gasteiger partial charge >= 0.3 is 5.97 Å². The summed E-state index contributed by atoms with van der Waals surface area (Å²) in [6, 6.07) is 7.07. The van der Waals surface area contributed by atoms with Crippen LogP contribution >= 0.6 is 0 Å². The summed E-state index contributed by atoms with van der Waals surface area (Å²) in [7, 11) is -1.81. The van der Waals surface area contributed by atoms with Crippen molar-refractivity contribution >= 4 is 21.7 Å². The monoisotopic (exact) mass is 312 g/mol. The molecule has 6 nitrogen and oxygen atoms in total. The quantitative estimate of drug-likeness (QED) is 0.777. The average Bonchev–Trinajstić information content (AvgIpc) is 2.45. The molecule has 1 aromatic rings. The number of anilines is 1. The highest BCUT2D eigenvalue weighted by Gasteiger charge is 2.29. The molecule has 7 heteroatoms. The molecular formula is C14H20N2O4S. The van der Waals surface area contributed by atoms with Crippen LogP contribution in [0.5, 0.6) is 0 Å². The first-order valence-electron chi connectivity index (χ1n) is 6.73. The van der Waals surface area contributed by atoms with E-state index in [0.29, 0.717) is 25.2 Å². The van der Waals surface area contributed by atoms with Gasteiger partial charge in [0.2, 0.25) is 10.0 Å². The molecule has 0 saturated carbocycles. The van der Waals surface area contributed by atoms with E-state index < -0.39 is 10.0 Å².